The van der Waals surface area contributed by atoms with Crippen molar-refractivity contribution in [3.63, 3.8) is 0 Å². The highest BCUT2D eigenvalue weighted by Gasteiger charge is 2.08. The van der Waals surface area contributed by atoms with Gasteiger partial charge in [-0.25, -0.2) is 0 Å². The molecule has 1 N–H and O–H groups in total. The molecule has 1 rings (SSSR count). The molecule has 8 heteroatoms. The fourth-order valence-electron chi connectivity index (χ4n) is 1.63. The van der Waals surface area contributed by atoms with E-state index in [1.165, 1.54) is 0 Å². The van der Waals surface area contributed by atoms with E-state index in [9.17, 15) is 0 Å². The molecule has 0 aliphatic heterocycles. The molecule has 0 spiro atoms. The molecular weight excluding hydrogens is 338 g/mol. The Hall–Kier alpha value is -1.06. The van der Waals surface area contributed by atoms with Crippen LogP contribution in [0.4, 0.5) is 5.69 Å². The Kier molecular flexibility index (Phi) is 10.8. The number of rotatable bonds is 12. The maximum atomic E-state index is 5.70. The molecule has 0 bridgehead atoms. The molecule has 0 saturated carbocycles. The number of anilines is 1. The van der Waals surface area contributed by atoms with Crippen LogP contribution in [0.3, 0.4) is 0 Å². The third-order valence-corrected chi connectivity index (χ3v) is 2.87. The number of thiol groups is 1. The average molecular weight is 361 g/mol. The summed E-state index contributed by atoms with van der Waals surface area (Å²) in [4.78, 5) is 0. The summed E-state index contributed by atoms with van der Waals surface area (Å²) in [6.45, 7) is 2.91. The van der Waals surface area contributed by atoms with Crippen LogP contribution in [0.5, 0.6) is 11.5 Å². The van der Waals surface area contributed by atoms with E-state index < -0.39 is 0 Å². The van der Waals surface area contributed by atoms with Gasteiger partial charge in [-0.15, -0.1) is 12.6 Å². The number of benzene rings is 1. The molecule has 0 unspecified atom stereocenters. The normalized spacial score (nSPS) is 10.4. The zero-order valence-electron chi connectivity index (χ0n) is 13.4. The van der Waals surface area contributed by atoms with E-state index in [1.54, 1.807) is 20.3 Å². The van der Waals surface area contributed by atoms with Crippen LogP contribution in [0, 0.1) is 0 Å². The third-order valence-electron chi connectivity index (χ3n) is 2.66. The first-order valence-corrected chi connectivity index (χ1v) is 7.98. The van der Waals surface area contributed by atoms with Crippen molar-refractivity contribution >= 4 is 34.9 Å². The average Bonchev–Trinajstić information content (AvgIpc) is 2.52. The van der Waals surface area contributed by atoms with Crippen molar-refractivity contribution in [2.45, 2.75) is 0 Å². The van der Waals surface area contributed by atoms with Crippen molar-refractivity contribution in [2.75, 3.05) is 59.2 Å². The van der Waals surface area contributed by atoms with Gasteiger partial charge in [0, 0.05) is 26.0 Å². The first-order chi connectivity index (χ1) is 11.2. The Balaban J connectivity index is 2.58. The number of hydrogen-bond acceptors (Lipinski definition) is 6. The maximum absolute atomic E-state index is 5.70. The molecule has 0 aromatic heterocycles. The fraction of sp³-hybridized carbons (Fsp3) is 0.533. The standard InChI is InChI=1S/C15H23NO5S2/c1-17-5-7-19-8-10-20-13-4-3-12(16-15(22)23)11-14(13)21-9-6-18-2/h3-4,11H,5-10H2,1-2H3,(H2,16,22,23). The van der Waals surface area contributed by atoms with Gasteiger partial charge in [0.25, 0.3) is 0 Å². The Labute approximate surface area is 147 Å². The van der Waals surface area contributed by atoms with Gasteiger partial charge in [0.05, 0.1) is 26.4 Å². The van der Waals surface area contributed by atoms with Gasteiger partial charge in [-0.3, -0.25) is 0 Å². The van der Waals surface area contributed by atoms with Gasteiger partial charge in [-0.2, -0.15) is 0 Å². The molecule has 0 aliphatic carbocycles. The number of methoxy groups -OCH3 is 2. The number of ether oxygens (including phenoxy) is 5. The smallest absolute Gasteiger partial charge is 0.163 e. The molecule has 130 valence electrons. The van der Waals surface area contributed by atoms with Crippen molar-refractivity contribution in [2.24, 2.45) is 0 Å². The number of thiocarbonyl (C=S) groups is 1. The molecule has 6 nitrogen and oxygen atoms in total. The lowest BCUT2D eigenvalue weighted by atomic mass is 10.3. The second kappa shape index (κ2) is 12.4. The summed E-state index contributed by atoms with van der Waals surface area (Å²) >= 11 is 8.97. The van der Waals surface area contributed by atoms with Crippen LogP contribution < -0.4 is 14.8 Å². The lowest BCUT2D eigenvalue weighted by Gasteiger charge is -2.14. The van der Waals surface area contributed by atoms with E-state index in [0.29, 0.717) is 55.5 Å². The Morgan fingerprint density at radius 3 is 2.26 bits per heavy atom. The van der Waals surface area contributed by atoms with Crippen LogP contribution >= 0.6 is 24.8 Å². The topological polar surface area (TPSA) is 58.2 Å². The summed E-state index contributed by atoms with van der Waals surface area (Å²) < 4.78 is 27.0. The molecule has 0 radical (unpaired) electrons. The van der Waals surface area contributed by atoms with Crippen LogP contribution in [0.1, 0.15) is 0 Å². The SMILES string of the molecule is COCCOCCOc1ccc(NC(=S)S)cc1OCCOC. The van der Waals surface area contributed by atoms with Gasteiger partial charge in [0.15, 0.2) is 11.5 Å². The second-order valence-electron chi connectivity index (χ2n) is 4.39. The number of nitrogens with one attached hydrogen (secondary N) is 1. The van der Waals surface area contributed by atoms with Crippen LogP contribution in [-0.4, -0.2) is 58.2 Å². The summed E-state index contributed by atoms with van der Waals surface area (Å²) in [7, 11) is 3.25. The van der Waals surface area contributed by atoms with Gasteiger partial charge < -0.3 is 29.0 Å². The lowest BCUT2D eigenvalue weighted by molar-refractivity contribution is 0.0536. The lowest BCUT2D eigenvalue weighted by Crippen LogP contribution is -2.11. The highest BCUT2D eigenvalue weighted by molar-refractivity contribution is 8.11. The molecule has 0 atom stereocenters. The van der Waals surface area contributed by atoms with Crippen molar-refractivity contribution in [3.8, 4) is 11.5 Å². The van der Waals surface area contributed by atoms with Crippen LogP contribution in [-0.2, 0) is 14.2 Å². The van der Waals surface area contributed by atoms with E-state index in [4.69, 9.17) is 35.9 Å². The molecule has 23 heavy (non-hydrogen) atoms. The number of hydrogen-bond donors (Lipinski definition) is 2. The molecule has 1 aromatic rings. The first kappa shape index (κ1) is 20.0. The minimum atomic E-state index is 0.382. The highest BCUT2D eigenvalue weighted by Crippen LogP contribution is 2.30. The largest absolute Gasteiger partial charge is 0.487 e. The van der Waals surface area contributed by atoms with Crippen molar-refractivity contribution in [1.82, 2.24) is 0 Å². The molecule has 0 saturated heterocycles. The Bertz CT molecular complexity index is 473. The molecular formula is C15H23NO5S2. The van der Waals surface area contributed by atoms with Crippen LogP contribution in [0.15, 0.2) is 18.2 Å². The zero-order valence-corrected chi connectivity index (χ0v) is 15.1. The maximum Gasteiger partial charge on any atom is 0.163 e. The quantitative estimate of drug-likeness (QED) is 0.337. The summed E-state index contributed by atoms with van der Waals surface area (Å²) in [6, 6.07) is 5.46. The van der Waals surface area contributed by atoms with Crippen LogP contribution in [0.2, 0.25) is 0 Å². The summed E-state index contributed by atoms with van der Waals surface area (Å²) in [5.41, 5.74) is 0.779. The highest BCUT2D eigenvalue weighted by atomic mass is 32.1. The monoisotopic (exact) mass is 361 g/mol. The molecule has 0 heterocycles. The van der Waals surface area contributed by atoms with E-state index in [-0.39, 0.29) is 0 Å². The van der Waals surface area contributed by atoms with Gasteiger partial charge in [-0.1, -0.05) is 12.2 Å². The summed E-state index contributed by atoms with van der Waals surface area (Å²) in [5, 5.41) is 2.94. The van der Waals surface area contributed by atoms with Gasteiger partial charge in [0.1, 0.15) is 17.5 Å². The third kappa shape index (κ3) is 8.97. The second-order valence-corrected chi connectivity index (χ2v) is 5.54. The van der Waals surface area contributed by atoms with E-state index >= 15 is 0 Å². The zero-order chi connectivity index (χ0) is 16.9. The molecule has 0 aliphatic rings. The van der Waals surface area contributed by atoms with Crippen molar-refractivity contribution < 1.29 is 23.7 Å². The molecule has 0 amide bonds. The van der Waals surface area contributed by atoms with Gasteiger partial charge in [-0.05, 0) is 12.1 Å². The fourth-order valence-corrected chi connectivity index (χ4v) is 1.88. The summed E-state index contributed by atoms with van der Waals surface area (Å²) in [6.07, 6.45) is 0. The predicted molar refractivity (Wildman–Crippen MR) is 97.2 cm³/mol. The van der Waals surface area contributed by atoms with Gasteiger partial charge >= 0.3 is 0 Å². The molecule has 0 fully saturated rings. The predicted octanol–water partition coefficient (Wildman–Crippen LogP) is 2.38. The first-order valence-electron chi connectivity index (χ1n) is 7.12. The molecule has 1 aromatic carbocycles. The van der Waals surface area contributed by atoms with E-state index in [0.717, 1.165) is 5.69 Å². The minimum absolute atomic E-state index is 0.382. The van der Waals surface area contributed by atoms with Crippen molar-refractivity contribution in [3.05, 3.63) is 18.2 Å². The van der Waals surface area contributed by atoms with E-state index in [1.807, 2.05) is 12.1 Å². The summed E-state index contributed by atoms with van der Waals surface area (Å²) in [5.74, 6) is 1.24. The van der Waals surface area contributed by atoms with E-state index in [2.05, 4.69) is 17.9 Å². The Morgan fingerprint density at radius 1 is 0.957 bits per heavy atom. The van der Waals surface area contributed by atoms with Crippen LogP contribution in [0.25, 0.3) is 0 Å². The Morgan fingerprint density at radius 2 is 1.57 bits per heavy atom. The minimum Gasteiger partial charge on any atom is -0.487 e. The van der Waals surface area contributed by atoms with Gasteiger partial charge in [0.2, 0.25) is 0 Å². The van der Waals surface area contributed by atoms with Crippen molar-refractivity contribution in [1.29, 1.82) is 0 Å².